The lowest BCUT2D eigenvalue weighted by molar-refractivity contribution is -0.121. The van der Waals surface area contributed by atoms with Crippen molar-refractivity contribution in [3.05, 3.63) is 98.7 Å². The van der Waals surface area contributed by atoms with Crippen molar-refractivity contribution in [1.82, 2.24) is 26.3 Å². The lowest BCUT2D eigenvalue weighted by atomic mass is 9.93. The fraction of sp³-hybridized carbons (Fsp3) is 0.378. The van der Waals surface area contributed by atoms with Gasteiger partial charge in [0.15, 0.2) is 0 Å². The van der Waals surface area contributed by atoms with E-state index in [9.17, 15) is 36.0 Å². The van der Waals surface area contributed by atoms with Crippen LogP contribution in [0.25, 0.3) is 6.08 Å². The van der Waals surface area contributed by atoms with Crippen LogP contribution in [0.15, 0.2) is 81.2 Å². The van der Waals surface area contributed by atoms with Gasteiger partial charge in [0.2, 0.25) is 11.8 Å². The van der Waals surface area contributed by atoms with Gasteiger partial charge >= 0.3 is 0 Å². The van der Waals surface area contributed by atoms with Crippen molar-refractivity contribution in [3.63, 3.8) is 0 Å². The van der Waals surface area contributed by atoms with Crippen LogP contribution in [0.2, 0.25) is 0 Å². The molecule has 296 valence electrons. The number of rotatable bonds is 18. The topological polar surface area (TPSA) is 253 Å². The third-order valence-corrected chi connectivity index (χ3v) is 11.1. The maximum absolute atomic E-state index is 12.8. The van der Waals surface area contributed by atoms with E-state index in [0.717, 1.165) is 22.3 Å². The molecule has 0 aromatic carbocycles. The largest absolute Gasteiger partial charge is 0.358 e. The molecular weight excluding hydrogens is 753 g/mol. The number of aliphatic imine (C=N–C) groups is 1. The van der Waals surface area contributed by atoms with Gasteiger partial charge in [0.1, 0.15) is 0 Å². The van der Waals surface area contributed by atoms with Crippen LogP contribution in [-0.2, 0) is 52.3 Å². The standard InChI is InChI=1S/C37H46N6O10S2/c1-7-24-23(6)36(46)43-31(24)18-29-22(5)27(10-12-35(45)39-14-16-55(51,52)53)33(41-29)19-32-26(9-11-34(44)38-13-15-54(48,49)50)21(4)28(40-32)17-30-20(3)25(8-2)37(47)42-30/h7-8,17-18,33,40H,1-2,9-16,19H2,3-6H3,(H,38,44)(H,39,45)(H,42,47)(H,43,46)(H,48,49,50)(H,51,52,53)/b30-17+,31-18+. The third-order valence-electron chi connectivity index (χ3n) is 9.62. The molecule has 1 aromatic heterocycles. The van der Waals surface area contributed by atoms with Crippen LogP contribution in [0.5, 0.6) is 0 Å². The number of hydrogen-bond acceptors (Lipinski definition) is 9. The monoisotopic (exact) mass is 798 g/mol. The molecule has 4 heterocycles. The number of H-pyrrole nitrogens is 1. The van der Waals surface area contributed by atoms with E-state index in [1.54, 1.807) is 32.1 Å². The van der Waals surface area contributed by atoms with Gasteiger partial charge in [0, 0.05) is 66.2 Å². The van der Waals surface area contributed by atoms with Gasteiger partial charge in [-0.15, -0.1) is 0 Å². The zero-order chi connectivity index (χ0) is 40.8. The van der Waals surface area contributed by atoms with E-state index in [1.807, 2.05) is 13.8 Å². The molecule has 0 fully saturated rings. The van der Waals surface area contributed by atoms with Gasteiger partial charge < -0.3 is 26.3 Å². The van der Waals surface area contributed by atoms with Crippen molar-refractivity contribution in [2.75, 3.05) is 24.6 Å². The zero-order valence-electron chi connectivity index (χ0n) is 31.1. The molecule has 4 amide bonds. The molecule has 0 saturated carbocycles. The highest BCUT2D eigenvalue weighted by molar-refractivity contribution is 7.86. The van der Waals surface area contributed by atoms with Crippen molar-refractivity contribution in [3.8, 4) is 0 Å². The Morgan fingerprint density at radius 3 is 1.89 bits per heavy atom. The summed E-state index contributed by atoms with van der Waals surface area (Å²) >= 11 is 0. The minimum absolute atomic E-state index is 0.0175. The number of amides is 4. The average molecular weight is 799 g/mol. The van der Waals surface area contributed by atoms with E-state index in [4.69, 9.17) is 14.1 Å². The maximum Gasteiger partial charge on any atom is 0.266 e. The van der Waals surface area contributed by atoms with Gasteiger partial charge in [-0.3, -0.25) is 33.3 Å². The quantitative estimate of drug-likeness (QED) is 0.107. The molecule has 1 atom stereocenters. The molecule has 4 rings (SSSR count). The molecule has 0 bridgehead atoms. The molecule has 0 saturated heterocycles. The maximum atomic E-state index is 12.8. The lowest BCUT2D eigenvalue weighted by Gasteiger charge is -2.15. The van der Waals surface area contributed by atoms with E-state index in [-0.39, 0.29) is 57.0 Å². The number of aromatic nitrogens is 1. The summed E-state index contributed by atoms with van der Waals surface area (Å²) in [5.41, 5.74) is 8.43. The molecule has 18 heteroatoms. The number of aromatic amines is 1. The highest BCUT2D eigenvalue weighted by Gasteiger charge is 2.30. The Morgan fingerprint density at radius 1 is 0.782 bits per heavy atom. The van der Waals surface area contributed by atoms with Gasteiger partial charge in [-0.05, 0) is 80.5 Å². The third kappa shape index (κ3) is 11.0. The van der Waals surface area contributed by atoms with Crippen molar-refractivity contribution < 1.29 is 45.1 Å². The summed E-state index contributed by atoms with van der Waals surface area (Å²) in [7, 11) is -8.53. The second-order valence-corrected chi connectivity index (χ2v) is 16.4. The van der Waals surface area contributed by atoms with E-state index in [2.05, 4.69) is 39.4 Å². The summed E-state index contributed by atoms with van der Waals surface area (Å²) in [5, 5.41) is 10.7. The number of nitrogens with zero attached hydrogens (tertiary/aromatic N) is 1. The molecule has 1 unspecified atom stereocenters. The minimum atomic E-state index is -4.26. The van der Waals surface area contributed by atoms with Crippen LogP contribution in [-0.4, -0.2) is 90.9 Å². The molecule has 3 aliphatic heterocycles. The molecule has 55 heavy (non-hydrogen) atoms. The lowest BCUT2D eigenvalue weighted by Crippen LogP contribution is -2.29. The van der Waals surface area contributed by atoms with Crippen molar-refractivity contribution >= 4 is 55.7 Å². The number of carbonyl (C=O) groups excluding carboxylic acids is 4. The SMILES string of the molecule is C=CC1=C(C)/C(=C\c2[nH]c(CC3N=C(/C=C4/NC(=O)C(C)=C4C=C)C(C)=C3CCC(=O)NCCS(=O)(=O)O)c(CCC(=O)NCCS(=O)(=O)O)c2C)NC1=O. The Morgan fingerprint density at radius 2 is 1.35 bits per heavy atom. The predicted molar refractivity (Wildman–Crippen MR) is 208 cm³/mol. The summed E-state index contributed by atoms with van der Waals surface area (Å²) in [6.07, 6.45) is 7.31. The number of hydrogen-bond donors (Lipinski definition) is 7. The Balaban J connectivity index is 1.71. The first-order chi connectivity index (χ1) is 25.7. The first-order valence-electron chi connectivity index (χ1n) is 17.4. The normalized spacial score (nSPS) is 19.0. The van der Waals surface area contributed by atoms with Gasteiger partial charge in [-0.25, -0.2) is 0 Å². The first-order valence-corrected chi connectivity index (χ1v) is 20.6. The van der Waals surface area contributed by atoms with Crippen molar-refractivity contribution in [2.45, 2.75) is 65.8 Å². The molecule has 0 radical (unpaired) electrons. The fourth-order valence-corrected chi connectivity index (χ4v) is 7.27. The van der Waals surface area contributed by atoms with Crippen molar-refractivity contribution in [1.29, 1.82) is 0 Å². The smallest absolute Gasteiger partial charge is 0.266 e. The number of allylic oxidation sites excluding steroid dienone is 4. The molecular formula is C37H46N6O10S2. The molecule has 0 aliphatic carbocycles. The second kappa shape index (κ2) is 17.5. The predicted octanol–water partition coefficient (Wildman–Crippen LogP) is 2.22. The average Bonchev–Trinajstić information content (AvgIpc) is 3.73. The van der Waals surface area contributed by atoms with E-state index >= 15 is 0 Å². The summed E-state index contributed by atoms with van der Waals surface area (Å²) in [6.45, 7) is 14.2. The van der Waals surface area contributed by atoms with Crippen LogP contribution in [0.3, 0.4) is 0 Å². The highest BCUT2D eigenvalue weighted by Crippen LogP contribution is 2.33. The summed E-state index contributed by atoms with van der Waals surface area (Å²) < 4.78 is 62.6. The van der Waals surface area contributed by atoms with Crippen LogP contribution in [0, 0.1) is 6.92 Å². The van der Waals surface area contributed by atoms with Gasteiger partial charge in [-0.2, -0.15) is 16.8 Å². The molecule has 3 aliphatic rings. The second-order valence-electron chi connectivity index (χ2n) is 13.3. The highest BCUT2D eigenvalue weighted by atomic mass is 32.2. The molecule has 16 nitrogen and oxygen atoms in total. The van der Waals surface area contributed by atoms with Gasteiger partial charge in [0.25, 0.3) is 32.1 Å². The van der Waals surface area contributed by atoms with E-state index in [0.29, 0.717) is 50.8 Å². The summed E-state index contributed by atoms with van der Waals surface area (Å²) in [5.74, 6) is -2.68. The Bertz CT molecular complexity index is 2250. The number of nitrogens with one attached hydrogen (secondary N) is 5. The van der Waals surface area contributed by atoms with Crippen LogP contribution in [0.4, 0.5) is 0 Å². The Labute approximate surface area is 320 Å². The molecule has 0 spiro atoms. The summed E-state index contributed by atoms with van der Waals surface area (Å²) in [6, 6.07) is -0.520. The van der Waals surface area contributed by atoms with E-state index in [1.165, 1.54) is 6.08 Å². The van der Waals surface area contributed by atoms with Crippen LogP contribution >= 0.6 is 0 Å². The van der Waals surface area contributed by atoms with Crippen LogP contribution in [0.1, 0.15) is 62.5 Å². The zero-order valence-corrected chi connectivity index (χ0v) is 32.7. The Hall–Kier alpha value is -5.17. The summed E-state index contributed by atoms with van der Waals surface area (Å²) in [4.78, 5) is 59.0. The fourth-order valence-electron chi connectivity index (χ4n) is 6.55. The Kier molecular flexibility index (Phi) is 13.6. The van der Waals surface area contributed by atoms with Crippen molar-refractivity contribution in [2.24, 2.45) is 4.99 Å². The molecule has 1 aromatic rings. The molecule has 7 N–H and O–H groups in total. The van der Waals surface area contributed by atoms with Gasteiger partial charge in [-0.1, -0.05) is 25.3 Å². The van der Waals surface area contributed by atoms with Crippen LogP contribution < -0.4 is 21.3 Å². The van der Waals surface area contributed by atoms with E-state index < -0.39 is 49.6 Å². The minimum Gasteiger partial charge on any atom is -0.358 e. The first kappa shape index (κ1) is 42.6. The number of carbonyl (C=O) groups is 4. The van der Waals surface area contributed by atoms with Gasteiger partial charge in [0.05, 0.1) is 29.0 Å².